The van der Waals surface area contributed by atoms with Gasteiger partial charge in [0.15, 0.2) is 0 Å². The summed E-state index contributed by atoms with van der Waals surface area (Å²) in [6.07, 6.45) is 2.05. The van der Waals surface area contributed by atoms with Crippen molar-refractivity contribution in [2.45, 2.75) is 26.7 Å². The van der Waals surface area contributed by atoms with E-state index in [2.05, 4.69) is 47.6 Å². The number of aromatic nitrogens is 2. The number of nitrogens with zero attached hydrogens (tertiary/aromatic N) is 2. The highest BCUT2D eigenvalue weighted by molar-refractivity contribution is 7.14. The third-order valence-corrected chi connectivity index (χ3v) is 4.32. The van der Waals surface area contributed by atoms with Gasteiger partial charge < -0.3 is 10.1 Å². The molecule has 0 atom stereocenters. The minimum absolute atomic E-state index is 0.760. The van der Waals surface area contributed by atoms with Gasteiger partial charge in [0.25, 0.3) is 0 Å². The van der Waals surface area contributed by atoms with Crippen molar-refractivity contribution in [3.05, 3.63) is 34.3 Å². The Morgan fingerprint density at radius 2 is 2.05 bits per heavy atom. The quantitative estimate of drug-likeness (QED) is 0.762. The van der Waals surface area contributed by atoms with E-state index in [4.69, 9.17) is 4.74 Å². The summed E-state index contributed by atoms with van der Waals surface area (Å²) in [5.74, 6) is 0. The van der Waals surface area contributed by atoms with Crippen LogP contribution < -0.4 is 5.32 Å². The van der Waals surface area contributed by atoms with Crippen LogP contribution in [0.4, 0.5) is 0 Å². The van der Waals surface area contributed by atoms with Crippen LogP contribution in [-0.4, -0.2) is 37.0 Å². The van der Waals surface area contributed by atoms with Gasteiger partial charge in [-0.3, -0.25) is 0 Å². The molecule has 114 valence electrons. The molecule has 1 N–H and O–H groups in total. The molecule has 2 rings (SSSR count). The SMILES string of the molecule is COCCNCCCc1nnc(-c2ccc(C)cc2C)s1. The van der Waals surface area contributed by atoms with E-state index in [1.807, 2.05) is 0 Å². The first kappa shape index (κ1) is 16.1. The molecule has 0 amide bonds. The zero-order chi connectivity index (χ0) is 15.1. The van der Waals surface area contributed by atoms with Gasteiger partial charge in [0.2, 0.25) is 0 Å². The van der Waals surface area contributed by atoms with Crippen molar-refractivity contribution >= 4 is 11.3 Å². The van der Waals surface area contributed by atoms with Crippen LogP contribution >= 0.6 is 11.3 Å². The van der Waals surface area contributed by atoms with Crippen molar-refractivity contribution in [1.29, 1.82) is 0 Å². The van der Waals surface area contributed by atoms with Crippen LogP contribution in [0.3, 0.4) is 0 Å². The highest BCUT2D eigenvalue weighted by Gasteiger charge is 2.09. The summed E-state index contributed by atoms with van der Waals surface area (Å²) < 4.78 is 5.00. The second-order valence-electron chi connectivity index (χ2n) is 5.17. The normalized spacial score (nSPS) is 11.0. The van der Waals surface area contributed by atoms with Crippen LogP contribution in [0.2, 0.25) is 0 Å². The monoisotopic (exact) mass is 305 g/mol. The topological polar surface area (TPSA) is 47.0 Å². The molecule has 21 heavy (non-hydrogen) atoms. The Labute approximate surface area is 130 Å². The second kappa shape index (κ2) is 8.22. The van der Waals surface area contributed by atoms with Gasteiger partial charge in [-0.1, -0.05) is 35.1 Å². The minimum atomic E-state index is 0.760. The van der Waals surface area contributed by atoms with E-state index < -0.39 is 0 Å². The number of nitrogens with one attached hydrogen (secondary N) is 1. The Hall–Kier alpha value is -1.30. The molecule has 0 unspecified atom stereocenters. The molecule has 0 saturated heterocycles. The predicted molar refractivity (Wildman–Crippen MR) is 87.9 cm³/mol. The number of aryl methyl sites for hydroxylation is 3. The molecule has 0 spiro atoms. The van der Waals surface area contributed by atoms with Crippen molar-refractivity contribution in [3.63, 3.8) is 0 Å². The van der Waals surface area contributed by atoms with Crippen molar-refractivity contribution in [2.24, 2.45) is 0 Å². The fraction of sp³-hybridized carbons (Fsp3) is 0.500. The molecule has 0 saturated carbocycles. The fourth-order valence-electron chi connectivity index (χ4n) is 2.18. The van der Waals surface area contributed by atoms with Crippen molar-refractivity contribution in [1.82, 2.24) is 15.5 Å². The number of benzene rings is 1. The summed E-state index contributed by atoms with van der Waals surface area (Å²) in [6.45, 7) is 6.89. The number of methoxy groups -OCH3 is 1. The minimum Gasteiger partial charge on any atom is -0.383 e. The van der Waals surface area contributed by atoms with Crippen LogP contribution in [0.25, 0.3) is 10.6 Å². The Bertz CT molecular complexity index is 568. The molecule has 0 aliphatic heterocycles. The predicted octanol–water partition coefficient (Wildman–Crippen LogP) is 2.99. The first-order valence-corrected chi connectivity index (χ1v) is 8.12. The maximum atomic E-state index is 5.00. The lowest BCUT2D eigenvalue weighted by atomic mass is 10.1. The lowest BCUT2D eigenvalue weighted by Gasteiger charge is -2.02. The molecule has 0 fully saturated rings. The summed E-state index contributed by atoms with van der Waals surface area (Å²) in [5, 5.41) is 14.1. The first-order valence-electron chi connectivity index (χ1n) is 7.30. The van der Waals surface area contributed by atoms with E-state index in [1.165, 1.54) is 16.7 Å². The summed E-state index contributed by atoms with van der Waals surface area (Å²) >= 11 is 1.70. The molecule has 0 aliphatic carbocycles. The lowest BCUT2D eigenvalue weighted by Crippen LogP contribution is -2.20. The maximum Gasteiger partial charge on any atom is 0.148 e. The third-order valence-electron chi connectivity index (χ3n) is 3.31. The van der Waals surface area contributed by atoms with Gasteiger partial charge in [0.1, 0.15) is 10.0 Å². The first-order chi connectivity index (χ1) is 10.2. The summed E-state index contributed by atoms with van der Waals surface area (Å²) in [6, 6.07) is 6.46. The van der Waals surface area contributed by atoms with E-state index in [1.54, 1.807) is 18.4 Å². The number of ether oxygens (including phenoxy) is 1. The van der Waals surface area contributed by atoms with Crippen molar-refractivity contribution < 1.29 is 4.74 Å². The smallest absolute Gasteiger partial charge is 0.148 e. The Balaban J connectivity index is 1.86. The number of rotatable bonds is 8. The van der Waals surface area contributed by atoms with E-state index in [9.17, 15) is 0 Å². The van der Waals surface area contributed by atoms with Crippen LogP contribution in [0.1, 0.15) is 22.6 Å². The average Bonchev–Trinajstić information content (AvgIpc) is 2.91. The molecule has 4 nitrogen and oxygen atoms in total. The van der Waals surface area contributed by atoms with Crippen LogP contribution in [0.5, 0.6) is 0 Å². The zero-order valence-corrected chi connectivity index (χ0v) is 13.8. The van der Waals surface area contributed by atoms with Crippen LogP contribution in [0, 0.1) is 13.8 Å². The van der Waals surface area contributed by atoms with E-state index in [-0.39, 0.29) is 0 Å². The standard InChI is InChI=1S/C16H23N3OS/c1-12-6-7-14(13(2)11-12)16-19-18-15(21-16)5-4-8-17-9-10-20-3/h6-7,11,17H,4-5,8-10H2,1-3H3. The molecule has 1 aromatic heterocycles. The van der Waals surface area contributed by atoms with Gasteiger partial charge in [0.05, 0.1) is 6.61 Å². The molecule has 1 aromatic carbocycles. The zero-order valence-electron chi connectivity index (χ0n) is 13.0. The third kappa shape index (κ3) is 4.88. The van der Waals surface area contributed by atoms with Gasteiger partial charge in [-0.25, -0.2) is 0 Å². The van der Waals surface area contributed by atoms with Crippen LogP contribution in [-0.2, 0) is 11.2 Å². The van der Waals surface area contributed by atoms with Gasteiger partial charge in [-0.2, -0.15) is 0 Å². The summed E-state index contributed by atoms with van der Waals surface area (Å²) in [5.41, 5.74) is 3.74. The molecule has 0 radical (unpaired) electrons. The van der Waals surface area contributed by atoms with E-state index >= 15 is 0 Å². The van der Waals surface area contributed by atoms with Gasteiger partial charge in [0, 0.05) is 25.6 Å². The van der Waals surface area contributed by atoms with Crippen molar-refractivity contribution in [3.8, 4) is 10.6 Å². The average molecular weight is 305 g/mol. The number of hydrogen-bond donors (Lipinski definition) is 1. The van der Waals surface area contributed by atoms with E-state index in [0.29, 0.717) is 0 Å². The Morgan fingerprint density at radius 3 is 2.81 bits per heavy atom. The molecular formula is C16H23N3OS. The molecular weight excluding hydrogens is 282 g/mol. The highest BCUT2D eigenvalue weighted by Crippen LogP contribution is 2.27. The summed E-state index contributed by atoms with van der Waals surface area (Å²) in [4.78, 5) is 0. The molecule has 1 heterocycles. The maximum absolute atomic E-state index is 5.00. The van der Waals surface area contributed by atoms with E-state index in [0.717, 1.165) is 42.6 Å². The van der Waals surface area contributed by atoms with Crippen LogP contribution in [0.15, 0.2) is 18.2 Å². The second-order valence-corrected chi connectivity index (χ2v) is 6.23. The molecule has 2 aromatic rings. The lowest BCUT2D eigenvalue weighted by molar-refractivity contribution is 0.199. The van der Waals surface area contributed by atoms with Gasteiger partial charge in [-0.05, 0) is 32.4 Å². The number of hydrogen-bond acceptors (Lipinski definition) is 5. The molecule has 0 bridgehead atoms. The highest BCUT2D eigenvalue weighted by atomic mass is 32.1. The van der Waals surface area contributed by atoms with Gasteiger partial charge in [-0.15, -0.1) is 10.2 Å². The Kier molecular flexibility index (Phi) is 6.29. The van der Waals surface area contributed by atoms with Gasteiger partial charge >= 0.3 is 0 Å². The van der Waals surface area contributed by atoms with Crippen molar-refractivity contribution in [2.75, 3.05) is 26.8 Å². The largest absolute Gasteiger partial charge is 0.383 e. The molecule has 0 aliphatic rings. The Morgan fingerprint density at radius 1 is 1.19 bits per heavy atom. The molecule has 5 heteroatoms. The fourth-order valence-corrected chi connectivity index (χ4v) is 3.15. The summed E-state index contributed by atoms with van der Waals surface area (Å²) in [7, 11) is 1.72.